The van der Waals surface area contributed by atoms with E-state index in [4.69, 9.17) is 23.2 Å². The number of carbonyl (C=O) groups is 1. The minimum absolute atomic E-state index is 0.103. The SMILES string of the molecule is O=C(CSc1nc2ccccc2c(=O)n1-c1cccc(Cl)c1)NCc1cccc(Cl)c1. The van der Waals surface area contributed by atoms with Gasteiger partial charge >= 0.3 is 0 Å². The van der Waals surface area contributed by atoms with Gasteiger partial charge in [0.1, 0.15) is 0 Å². The molecule has 0 aliphatic rings. The number of rotatable bonds is 6. The zero-order valence-corrected chi connectivity index (χ0v) is 18.5. The van der Waals surface area contributed by atoms with Crippen molar-refractivity contribution < 1.29 is 4.79 Å². The number of nitrogens with one attached hydrogen (secondary N) is 1. The van der Waals surface area contributed by atoms with Gasteiger partial charge < -0.3 is 5.32 Å². The summed E-state index contributed by atoms with van der Waals surface area (Å²) in [7, 11) is 0. The topological polar surface area (TPSA) is 64.0 Å². The van der Waals surface area contributed by atoms with Crippen LogP contribution in [0.1, 0.15) is 5.56 Å². The summed E-state index contributed by atoms with van der Waals surface area (Å²) in [5.41, 5.74) is 1.87. The first kappa shape index (κ1) is 21.4. The van der Waals surface area contributed by atoms with Crippen LogP contribution in [0.3, 0.4) is 0 Å². The van der Waals surface area contributed by atoms with E-state index in [2.05, 4.69) is 10.3 Å². The van der Waals surface area contributed by atoms with Gasteiger partial charge in [0, 0.05) is 16.6 Å². The number of thioether (sulfide) groups is 1. The largest absolute Gasteiger partial charge is 0.351 e. The third-order valence-corrected chi connectivity index (χ3v) is 5.93. The number of halogens is 2. The van der Waals surface area contributed by atoms with Gasteiger partial charge in [0.2, 0.25) is 5.91 Å². The molecule has 156 valence electrons. The number of amides is 1. The highest BCUT2D eigenvalue weighted by molar-refractivity contribution is 7.99. The first-order valence-electron chi connectivity index (χ1n) is 9.43. The molecule has 1 heterocycles. The van der Waals surface area contributed by atoms with Crippen molar-refractivity contribution in [2.24, 2.45) is 0 Å². The maximum absolute atomic E-state index is 13.2. The molecular weight excluding hydrogens is 453 g/mol. The highest BCUT2D eigenvalue weighted by Gasteiger charge is 2.15. The van der Waals surface area contributed by atoms with E-state index in [1.807, 2.05) is 18.2 Å². The molecule has 1 aromatic heterocycles. The Kier molecular flexibility index (Phi) is 6.61. The van der Waals surface area contributed by atoms with Crippen LogP contribution in [0.4, 0.5) is 0 Å². The molecule has 4 rings (SSSR count). The minimum Gasteiger partial charge on any atom is -0.351 e. The van der Waals surface area contributed by atoms with Gasteiger partial charge in [-0.25, -0.2) is 4.98 Å². The lowest BCUT2D eigenvalue weighted by Crippen LogP contribution is -2.26. The number of hydrogen-bond acceptors (Lipinski definition) is 4. The molecule has 0 aliphatic carbocycles. The molecule has 0 atom stereocenters. The molecule has 0 fully saturated rings. The van der Waals surface area contributed by atoms with Crippen LogP contribution in [-0.4, -0.2) is 21.2 Å². The van der Waals surface area contributed by atoms with E-state index in [9.17, 15) is 9.59 Å². The summed E-state index contributed by atoms with van der Waals surface area (Å²) in [5, 5.41) is 4.90. The van der Waals surface area contributed by atoms with Gasteiger partial charge in [-0.05, 0) is 48.0 Å². The molecule has 0 saturated carbocycles. The van der Waals surface area contributed by atoms with E-state index in [0.717, 1.165) is 5.56 Å². The van der Waals surface area contributed by atoms with Crippen LogP contribution in [0, 0.1) is 0 Å². The van der Waals surface area contributed by atoms with Gasteiger partial charge in [-0.15, -0.1) is 0 Å². The van der Waals surface area contributed by atoms with Crippen LogP contribution in [0.15, 0.2) is 82.7 Å². The highest BCUT2D eigenvalue weighted by Crippen LogP contribution is 2.23. The molecule has 0 unspecified atom stereocenters. The number of carbonyl (C=O) groups excluding carboxylic acids is 1. The normalized spacial score (nSPS) is 10.9. The van der Waals surface area contributed by atoms with Crippen LogP contribution < -0.4 is 10.9 Å². The Morgan fingerprint density at radius 3 is 2.48 bits per heavy atom. The van der Waals surface area contributed by atoms with Gasteiger partial charge in [-0.2, -0.15) is 0 Å². The van der Waals surface area contributed by atoms with E-state index in [1.54, 1.807) is 54.6 Å². The Balaban J connectivity index is 1.59. The quantitative estimate of drug-likeness (QED) is 0.315. The summed E-state index contributed by atoms with van der Waals surface area (Å²) >= 11 is 13.3. The predicted octanol–water partition coefficient (Wildman–Crippen LogP) is 5.10. The summed E-state index contributed by atoms with van der Waals surface area (Å²) in [6.07, 6.45) is 0. The molecule has 0 bridgehead atoms. The molecule has 1 amide bonds. The summed E-state index contributed by atoms with van der Waals surface area (Å²) in [6, 6.07) is 21.4. The standard InChI is InChI=1S/C23H17Cl2N3O2S/c24-16-6-3-5-15(11-16)13-26-21(29)14-31-23-27-20-10-2-1-9-19(20)22(30)28(23)18-8-4-7-17(25)12-18/h1-12H,13-14H2,(H,26,29). The Labute approximate surface area is 193 Å². The Morgan fingerprint density at radius 2 is 1.71 bits per heavy atom. The van der Waals surface area contributed by atoms with Crippen molar-refractivity contribution in [3.05, 3.63) is 98.8 Å². The zero-order chi connectivity index (χ0) is 21.8. The number of hydrogen-bond donors (Lipinski definition) is 1. The van der Waals surface area contributed by atoms with E-state index >= 15 is 0 Å². The first-order valence-corrected chi connectivity index (χ1v) is 11.2. The number of nitrogens with zero attached hydrogens (tertiary/aromatic N) is 2. The number of benzene rings is 3. The molecule has 8 heteroatoms. The van der Waals surface area contributed by atoms with Crippen LogP contribution in [-0.2, 0) is 11.3 Å². The maximum atomic E-state index is 13.2. The monoisotopic (exact) mass is 469 g/mol. The van der Waals surface area contributed by atoms with Gasteiger partial charge in [-0.3, -0.25) is 14.2 Å². The lowest BCUT2D eigenvalue weighted by Gasteiger charge is -2.13. The Morgan fingerprint density at radius 1 is 0.968 bits per heavy atom. The molecule has 4 aromatic rings. The van der Waals surface area contributed by atoms with Gasteiger partial charge in [-0.1, -0.05) is 65.3 Å². The Bertz CT molecular complexity index is 1320. The summed E-state index contributed by atoms with van der Waals surface area (Å²) in [5.74, 6) is -0.0728. The summed E-state index contributed by atoms with van der Waals surface area (Å²) in [4.78, 5) is 30.3. The van der Waals surface area contributed by atoms with Crippen molar-refractivity contribution in [3.8, 4) is 5.69 Å². The molecule has 1 N–H and O–H groups in total. The van der Waals surface area contributed by atoms with Gasteiger partial charge in [0.25, 0.3) is 5.56 Å². The smallest absolute Gasteiger partial charge is 0.266 e. The predicted molar refractivity (Wildman–Crippen MR) is 126 cm³/mol. The zero-order valence-electron chi connectivity index (χ0n) is 16.2. The van der Waals surface area contributed by atoms with E-state index < -0.39 is 0 Å². The first-order chi connectivity index (χ1) is 15.0. The molecule has 3 aromatic carbocycles. The molecule has 0 spiro atoms. The molecule has 5 nitrogen and oxygen atoms in total. The second-order valence-corrected chi connectivity index (χ2v) is 8.54. The fourth-order valence-electron chi connectivity index (χ4n) is 3.08. The summed E-state index contributed by atoms with van der Waals surface area (Å²) < 4.78 is 1.49. The second kappa shape index (κ2) is 9.56. The second-order valence-electron chi connectivity index (χ2n) is 6.73. The average molecular weight is 470 g/mol. The number of aromatic nitrogens is 2. The van der Waals surface area contributed by atoms with Crippen LogP contribution in [0.2, 0.25) is 10.0 Å². The van der Waals surface area contributed by atoms with E-state index in [-0.39, 0.29) is 17.2 Å². The molecule has 31 heavy (non-hydrogen) atoms. The molecule has 0 radical (unpaired) electrons. The fraction of sp³-hybridized carbons (Fsp3) is 0.0870. The molecule has 0 aliphatic heterocycles. The van der Waals surface area contributed by atoms with Crippen LogP contribution >= 0.6 is 35.0 Å². The average Bonchev–Trinajstić information content (AvgIpc) is 2.76. The maximum Gasteiger partial charge on any atom is 0.266 e. The third kappa shape index (κ3) is 5.10. The minimum atomic E-state index is -0.213. The van der Waals surface area contributed by atoms with Crippen molar-refractivity contribution in [1.82, 2.24) is 14.9 Å². The van der Waals surface area contributed by atoms with Gasteiger partial charge in [0.15, 0.2) is 5.16 Å². The third-order valence-electron chi connectivity index (χ3n) is 4.52. The van der Waals surface area contributed by atoms with Crippen molar-refractivity contribution >= 4 is 51.8 Å². The van der Waals surface area contributed by atoms with Crippen molar-refractivity contribution in [2.75, 3.05) is 5.75 Å². The van der Waals surface area contributed by atoms with Gasteiger partial charge in [0.05, 0.1) is 22.3 Å². The highest BCUT2D eigenvalue weighted by atomic mass is 35.5. The molecule has 0 saturated heterocycles. The van der Waals surface area contributed by atoms with E-state index in [1.165, 1.54) is 16.3 Å². The lowest BCUT2D eigenvalue weighted by molar-refractivity contribution is -0.118. The lowest BCUT2D eigenvalue weighted by atomic mass is 10.2. The molecular formula is C23H17Cl2N3O2S. The number of para-hydroxylation sites is 1. The number of fused-ring (bicyclic) bond motifs is 1. The summed E-state index contributed by atoms with van der Waals surface area (Å²) in [6.45, 7) is 0.367. The van der Waals surface area contributed by atoms with Crippen molar-refractivity contribution in [3.63, 3.8) is 0 Å². The van der Waals surface area contributed by atoms with Crippen molar-refractivity contribution in [1.29, 1.82) is 0 Å². The van der Waals surface area contributed by atoms with Crippen LogP contribution in [0.25, 0.3) is 16.6 Å². The Hall–Kier alpha value is -2.80. The van der Waals surface area contributed by atoms with Crippen molar-refractivity contribution in [2.45, 2.75) is 11.7 Å². The van der Waals surface area contributed by atoms with Crippen LogP contribution in [0.5, 0.6) is 0 Å². The van der Waals surface area contributed by atoms with E-state index in [0.29, 0.717) is 38.3 Å². The fourth-order valence-corrected chi connectivity index (χ4v) is 4.32.